The molecular formula is C19H27N3O5S. The number of nitrogens with two attached hydrogens (primary N) is 1. The van der Waals surface area contributed by atoms with Gasteiger partial charge in [-0.2, -0.15) is 4.31 Å². The predicted molar refractivity (Wildman–Crippen MR) is 103 cm³/mol. The normalized spacial score (nSPS) is 20.9. The molecule has 2 fully saturated rings. The third-order valence-corrected chi connectivity index (χ3v) is 7.29. The van der Waals surface area contributed by atoms with Crippen LogP contribution in [-0.4, -0.2) is 61.7 Å². The summed E-state index contributed by atoms with van der Waals surface area (Å²) in [4.78, 5) is 26.1. The van der Waals surface area contributed by atoms with Crippen LogP contribution in [0.5, 0.6) is 5.75 Å². The van der Waals surface area contributed by atoms with Crippen molar-refractivity contribution in [3.63, 3.8) is 0 Å². The number of hydrogen-bond donors (Lipinski definition) is 1. The molecule has 2 heterocycles. The minimum absolute atomic E-state index is 0.00605. The van der Waals surface area contributed by atoms with Crippen LogP contribution >= 0.6 is 0 Å². The molecule has 28 heavy (non-hydrogen) atoms. The van der Waals surface area contributed by atoms with Gasteiger partial charge >= 0.3 is 0 Å². The standard InChI is InChI=1S/C19H27N3O5S/c1-14-6-2-3-11-22(14)18(23)13-27-17-8-7-15(12-16(17)19(20)24)28(25,26)21-9-4-5-10-21/h7-8,12,14H,2-6,9-11,13H2,1H3,(H2,20,24)/t14-/m1/s1. The summed E-state index contributed by atoms with van der Waals surface area (Å²) < 4.78 is 32.4. The lowest BCUT2D eigenvalue weighted by Gasteiger charge is -2.33. The molecule has 0 saturated carbocycles. The number of primary amides is 1. The van der Waals surface area contributed by atoms with Crippen LogP contribution in [0, 0.1) is 0 Å². The van der Waals surface area contributed by atoms with Crippen LogP contribution in [0.4, 0.5) is 0 Å². The van der Waals surface area contributed by atoms with Crippen LogP contribution in [-0.2, 0) is 14.8 Å². The summed E-state index contributed by atoms with van der Waals surface area (Å²) in [5.74, 6) is -0.838. The minimum Gasteiger partial charge on any atom is -0.483 e. The molecule has 2 N–H and O–H groups in total. The Morgan fingerprint density at radius 2 is 1.82 bits per heavy atom. The molecule has 2 aliphatic rings. The van der Waals surface area contributed by atoms with Crippen LogP contribution in [0.3, 0.4) is 0 Å². The van der Waals surface area contributed by atoms with E-state index in [2.05, 4.69) is 0 Å². The second-order valence-electron chi connectivity index (χ2n) is 7.35. The van der Waals surface area contributed by atoms with Crippen LogP contribution in [0.25, 0.3) is 0 Å². The third kappa shape index (κ3) is 4.30. The van der Waals surface area contributed by atoms with Gasteiger partial charge in [-0.25, -0.2) is 8.42 Å². The molecule has 2 amide bonds. The van der Waals surface area contributed by atoms with E-state index in [0.29, 0.717) is 19.6 Å². The average molecular weight is 410 g/mol. The van der Waals surface area contributed by atoms with Crippen molar-refractivity contribution in [2.24, 2.45) is 5.73 Å². The summed E-state index contributed by atoms with van der Waals surface area (Å²) in [6.45, 7) is 3.41. The highest BCUT2D eigenvalue weighted by molar-refractivity contribution is 7.89. The van der Waals surface area contributed by atoms with Gasteiger partial charge in [-0.05, 0) is 57.2 Å². The third-order valence-electron chi connectivity index (χ3n) is 5.39. The number of carbonyl (C=O) groups is 2. The van der Waals surface area contributed by atoms with Gasteiger partial charge in [0.2, 0.25) is 10.0 Å². The molecule has 0 spiro atoms. The van der Waals surface area contributed by atoms with Crippen molar-refractivity contribution < 1.29 is 22.7 Å². The smallest absolute Gasteiger partial charge is 0.260 e. The fourth-order valence-electron chi connectivity index (χ4n) is 3.76. The number of amides is 2. The fourth-order valence-corrected chi connectivity index (χ4v) is 5.30. The Morgan fingerprint density at radius 3 is 2.46 bits per heavy atom. The number of piperidine rings is 1. The monoisotopic (exact) mass is 409 g/mol. The molecule has 1 atom stereocenters. The molecule has 9 heteroatoms. The summed E-state index contributed by atoms with van der Waals surface area (Å²) >= 11 is 0. The van der Waals surface area contributed by atoms with Crippen molar-refractivity contribution >= 4 is 21.8 Å². The SMILES string of the molecule is C[C@@H]1CCCCN1C(=O)COc1ccc(S(=O)(=O)N2CCCC2)cc1C(N)=O. The van der Waals surface area contributed by atoms with Crippen LogP contribution in [0.2, 0.25) is 0 Å². The molecule has 2 aliphatic heterocycles. The largest absolute Gasteiger partial charge is 0.483 e. The highest BCUT2D eigenvalue weighted by atomic mass is 32.2. The lowest BCUT2D eigenvalue weighted by atomic mass is 10.0. The van der Waals surface area contributed by atoms with Gasteiger partial charge in [-0.1, -0.05) is 0 Å². The molecule has 154 valence electrons. The highest BCUT2D eigenvalue weighted by Gasteiger charge is 2.29. The number of hydrogen-bond acceptors (Lipinski definition) is 5. The first-order valence-electron chi connectivity index (χ1n) is 9.67. The lowest BCUT2D eigenvalue weighted by molar-refractivity contribution is -0.136. The van der Waals surface area contributed by atoms with Gasteiger partial charge in [0.1, 0.15) is 5.75 Å². The maximum Gasteiger partial charge on any atom is 0.260 e. The van der Waals surface area contributed by atoms with E-state index in [1.807, 2.05) is 6.92 Å². The molecule has 0 radical (unpaired) electrons. The summed E-state index contributed by atoms with van der Waals surface area (Å²) in [6, 6.07) is 4.19. The second-order valence-corrected chi connectivity index (χ2v) is 9.29. The van der Waals surface area contributed by atoms with Crippen LogP contribution < -0.4 is 10.5 Å². The number of benzene rings is 1. The van der Waals surface area contributed by atoms with Gasteiger partial charge in [0, 0.05) is 25.7 Å². The Labute approximate surface area is 165 Å². The van der Waals surface area contributed by atoms with Crippen LogP contribution in [0.1, 0.15) is 49.4 Å². The van der Waals surface area contributed by atoms with Gasteiger partial charge < -0.3 is 15.4 Å². The van der Waals surface area contributed by atoms with E-state index >= 15 is 0 Å². The molecule has 0 unspecified atom stereocenters. The summed E-state index contributed by atoms with van der Waals surface area (Å²) in [5.41, 5.74) is 5.39. The predicted octanol–water partition coefficient (Wildman–Crippen LogP) is 1.35. The molecule has 3 rings (SSSR count). The zero-order chi connectivity index (χ0) is 20.3. The number of ether oxygens (including phenoxy) is 1. The summed E-state index contributed by atoms with van der Waals surface area (Å²) in [5, 5.41) is 0. The Morgan fingerprint density at radius 1 is 1.14 bits per heavy atom. The second kappa shape index (κ2) is 8.48. The fraction of sp³-hybridized carbons (Fsp3) is 0.579. The molecule has 1 aromatic carbocycles. The number of likely N-dealkylation sites (tertiary alicyclic amines) is 1. The van der Waals surface area contributed by atoms with Gasteiger partial charge in [-0.15, -0.1) is 0 Å². The number of sulfonamides is 1. The van der Waals surface area contributed by atoms with Crippen molar-refractivity contribution in [1.82, 2.24) is 9.21 Å². The number of rotatable bonds is 6. The lowest BCUT2D eigenvalue weighted by Crippen LogP contribution is -2.44. The summed E-state index contributed by atoms with van der Waals surface area (Å²) in [6.07, 6.45) is 4.66. The van der Waals surface area contributed by atoms with Crippen molar-refractivity contribution in [3.05, 3.63) is 23.8 Å². The van der Waals surface area contributed by atoms with Gasteiger partial charge in [-0.3, -0.25) is 9.59 Å². The van der Waals surface area contributed by atoms with Crippen LogP contribution in [0.15, 0.2) is 23.1 Å². The highest BCUT2D eigenvalue weighted by Crippen LogP contribution is 2.27. The molecule has 2 saturated heterocycles. The van der Waals surface area contributed by atoms with E-state index in [9.17, 15) is 18.0 Å². The molecule has 0 bridgehead atoms. The molecular weight excluding hydrogens is 382 g/mol. The molecule has 0 aromatic heterocycles. The van der Waals surface area contributed by atoms with Crippen molar-refractivity contribution in [2.45, 2.75) is 50.0 Å². The molecule has 8 nitrogen and oxygen atoms in total. The molecule has 1 aromatic rings. The molecule has 0 aliphatic carbocycles. The van der Waals surface area contributed by atoms with Crippen molar-refractivity contribution in [3.8, 4) is 5.75 Å². The van der Waals surface area contributed by atoms with E-state index in [4.69, 9.17) is 10.5 Å². The Balaban J connectivity index is 1.76. The quantitative estimate of drug-likeness (QED) is 0.763. The maximum absolute atomic E-state index is 12.7. The zero-order valence-corrected chi connectivity index (χ0v) is 16.9. The average Bonchev–Trinajstić information content (AvgIpc) is 3.22. The Bertz CT molecular complexity index is 849. The van der Waals surface area contributed by atoms with E-state index in [-0.39, 0.29) is 34.8 Å². The first-order valence-corrected chi connectivity index (χ1v) is 11.1. The number of nitrogens with zero attached hydrogens (tertiary/aromatic N) is 2. The van der Waals surface area contributed by atoms with Gasteiger partial charge in [0.15, 0.2) is 6.61 Å². The first kappa shape index (κ1) is 20.6. The first-order chi connectivity index (χ1) is 13.3. The van der Waals surface area contributed by atoms with Crippen molar-refractivity contribution in [2.75, 3.05) is 26.2 Å². The van der Waals surface area contributed by atoms with Crippen molar-refractivity contribution in [1.29, 1.82) is 0 Å². The van der Waals surface area contributed by atoms with E-state index < -0.39 is 15.9 Å². The number of carbonyl (C=O) groups excluding carboxylic acids is 2. The van der Waals surface area contributed by atoms with E-state index in [1.165, 1.54) is 22.5 Å². The summed E-state index contributed by atoms with van der Waals surface area (Å²) in [7, 11) is -3.67. The topological polar surface area (TPSA) is 110 Å². The zero-order valence-electron chi connectivity index (χ0n) is 16.1. The van der Waals surface area contributed by atoms with E-state index in [1.54, 1.807) is 4.90 Å². The van der Waals surface area contributed by atoms with Gasteiger partial charge in [0.05, 0.1) is 10.5 Å². The Hall–Kier alpha value is -2.13. The minimum atomic E-state index is -3.67. The van der Waals surface area contributed by atoms with E-state index in [0.717, 1.165) is 32.1 Å². The Kier molecular flexibility index (Phi) is 6.24. The maximum atomic E-state index is 12.7. The van der Waals surface area contributed by atoms with Gasteiger partial charge in [0.25, 0.3) is 11.8 Å².